The number of aliphatic imine (C=N–C) groups is 1. The van der Waals surface area contributed by atoms with E-state index in [-0.39, 0.29) is 0 Å². The highest BCUT2D eigenvalue weighted by Crippen LogP contribution is 2.31. The van der Waals surface area contributed by atoms with Crippen molar-refractivity contribution in [1.29, 1.82) is 0 Å². The molecule has 0 bridgehead atoms. The Kier molecular flexibility index (Phi) is 7.09. The summed E-state index contributed by atoms with van der Waals surface area (Å²) in [7, 11) is 2.23. The van der Waals surface area contributed by atoms with Crippen LogP contribution in [-0.4, -0.2) is 79.6 Å². The number of hydrogen-bond donors (Lipinski definition) is 1. The van der Waals surface area contributed by atoms with Crippen LogP contribution >= 0.6 is 0 Å². The molecule has 5 heteroatoms. The fraction of sp³-hybridized carbons (Fsp3) is 0.708. The number of guanidine groups is 1. The summed E-state index contributed by atoms with van der Waals surface area (Å²) in [6.45, 7) is 11.2. The molecule has 3 unspecified atom stereocenters. The van der Waals surface area contributed by atoms with Crippen molar-refractivity contribution in [3.05, 3.63) is 35.9 Å². The Morgan fingerprint density at radius 1 is 1.07 bits per heavy atom. The number of fused-ring (bicyclic) bond motifs is 1. The van der Waals surface area contributed by atoms with Crippen LogP contribution in [0.15, 0.2) is 35.3 Å². The largest absolute Gasteiger partial charge is 0.357 e. The van der Waals surface area contributed by atoms with Gasteiger partial charge in [-0.15, -0.1) is 0 Å². The predicted octanol–water partition coefficient (Wildman–Crippen LogP) is 2.89. The van der Waals surface area contributed by atoms with Crippen LogP contribution in [0.3, 0.4) is 0 Å². The molecule has 3 aliphatic heterocycles. The minimum Gasteiger partial charge on any atom is -0.357 e. The molecule has 5 nitrogen and oxygen atoms in total. The lowest BCUT2D eigenvalue weighted by Crippen LogP contribution is -2.56. The molecule has 1 N–H and O–H groups in total. The van der Waals surface area contributed by atoms with Gasteiger partial charge in [-0.3, -0.25) is 9.89 Å². The van der Waals surface area contributed by atoms with E-state index in [2.05, 4.69) is 64.3 Å². The van der Waals surface area contributed by atoms with Gasteiger partial charge in [0.05, 0.1) is 0 Å². The first-order valence-electron chi connectivity index (χ1n) is 11.7. The Morgan fingerprint density at radius 3 is 2.69 bits per heavy atom. The molecule has 3 atom stereocenters. The van der Waals surface area contributed by atoms with Crippen molar-refractivity contribution in [1.82, 2.24) is 20.0 Å². The number of hydrogen-bond acceptors (Lipinski definition) is 3. The lowest BCUT2D eigenvalue weighted by molar-refractivity contribution is 0.0372. The molecular formula is C24H39N5. The maximum atomic E-state index is 5.07. The number of rotatable bonds is 5. The van der Waals surface area contributed by atoms with Gasteiger partial charge < -0.3 is 15.1 Å². The van der Waals surface area contributed by atoms with Gasteiger partial charge in [0.1, 0.15) is 0 Å². The molecule has 0 spiro atoms. The van der Waals surface area contributed by atoms with Crippen LogP contribution in [0.1, 0.15) is 38.2 Å². The number of nitrogens with zero attached hydrogens (tertiary/aromatic N) is 4. The first-order chi connectivity index (χ1) is 14.2. The van der Waals surface area contributed by atoms with E-state index in [4.69, 9.17) is 4.99 Å². The zero-order valence-electron chi connectivity index (χ0n) is 18.4. The molecule has 0 amide bonds. The second-order valence-electron chi connectivity index (χ2n) is 9.27. The zero-order chi connectivity index (χ0) is 20.1. The standard InChI is InChI=1S/C24H39N5/c1-3-25-24(26-16-21-11-14-27(2)17-21)29-15-12-23-22(19-29)10-7-13-28(23)18-20-8-5-4-6-9-20/h4-6,8-9,21-23H,3,7,10-19H2,1-2H3,(H,25,26). The zero-order valence-corrected chi connectivity index (χ0v) is 18.4. The lowest BCUT2D eigenvalue weighted by atomic mass is 9.83. The van der Waals surface area contributed by atoms with E-state index >= 15 is 0 Å². The molecule has 0 aromatic heterocycles. The second-order valence-corrected chi connectivity index (χ2v) is 9.27. The monoisotopic (exact) mass is 397 g/mol. The Morgan fingerprint density at radius 2 is 1.93 bits per heavy atom. The summed E-state index contributed by atoms with van der Waals surface area (Å²) in [5, 5.41) is 3.58. The number of piperidine rings is 2. The SMILES string of the molecule is CCNC(=NCC1CCN(C)C1)N1CCC2C(CCCN2Cc2ccccc2)C1. The van der Waals surface area contributed by atoms with Gasteiger partial charge in [0.25, 0.3) is 0 Å². The quantitative estimate of drug-likeness (QED) is 0.612. The molecule has 3 saturated heterocycles. The molecule has 160 valence electrons. The van der Waals surface area contributed by atoms with Crippen LogP contribution in [0.25, 0.3) is 0 Å². The maximum Gasteiger partial charge on any atom is 0.193 e. The van der Waals surface area contributed by atoms with Gasteiger partial charge in [-0.25, -0.2) is 0 Å². The second kappa shape index (κ2) is 9.94. The Hall–Kier alpha value is -1.59. The molecule has 3 aliphatic rings. The highest BCUT2D eigenvalue weighted by Gasteiger charge is 2.36. The summed E-state index contributed by atoms with van der Waals surface area (Å²) in [5.41, 5.74) is 1.45. The molecule has 4 rings (SSSR count). The van der Waals surface area contributed by atoms with Crippen molar-refractivity contribution in [3.63, 3.8) is 0 Å². The van der Waals surface area contributed by atoms with E-state index in [1.807, 2.05) is 0 Å². The van der Waals surface area contributed by atoms with E-state index in [0.717, 1.165) is 56.6 Å². The van der Waals surface area contributed by atoms with Crippen molar-refractivity contribution >= 4 is 5.96 Å². The van der Waals surface area contributed by atoms with Crippen LogP contribution in [0, 0.1) is 11.8 Å². The van der Waals surface area contributed by atoms with Gasteiger partial charge in [-0.05, 0) is 70.1 Å². The van der Waals surface area contributed by atoms with Crippen molar-refractivity contribution in [3.8, 4) is 0 Å². The van der Waals surface area contributed by atoms with Crippen molar-refractivity contribution < 1.29 is 0 Å². The van der Waals surface area contributed by atoms with E-state index in [1.165, 1.54) is 50.9 Å². The summed E-state index contributed by atoms with van der Waals surface area (Å²) in [4.78, 5) is 12.8. The lowest BCUT2D eigenvalue weighted by Gasteiger charge is -2.48. The number of benzene rings is 1. The van der Waals surface area contributed by atoms with Crippen LogP contribution in [0.4, 0.5) is 0 Å². The first-order valence-corrected chi connectivity index (χ1v) is 11.7. The minimum atomic E-state index is 0.724. The normalized spacial score (nSPS) is 29.1. The van der Waals surface area contributed by atoms with Crippen molar-refractivity contribution in [2.45, 2.75) is 45.2 Å². The highest BCUT2D eigenvalue weighted by atomic mass is 15.3. The summed E-state index contributed by atoms with van der Waals surface area (Å²) < 4.78 is 0. The average Bonchev–Trinajstić information content (AvgIpc) is 3.17. The van der Waals surface area contributed by atoms with Gasteiger partial charge in [0, 0.05) is 45.3 Å². The Bertz CT molecular complexity index is 660. The van der Waals surface area contributed by atoms with Gasteiger partial charge in [-0.1, -0.05) is 30.3 Å². The van der Waals surface area contributed by atoms with Crippen LogP contribution in [0.2, 0.25) is 0 Å². The van der Waals surface area contributed by atoms with Crippen LogP contribution < -0.4 is 5.32 Å². The molecule has 3 fully saturated rings. The molecule has 29 heavy (non-hydrogen) atoms. The third-order valence-corrected chi connectivity index (χ3v) is 7.03. The van der Waals surface area contributed by atoms with E-state index in [0.29, 0.717) is 0 Å². The molecule has 0 radical (unpaired) electrons. The number of nitrogens with one attached hydrogen (secondary N) is 1. The maximum absolute atomic E-state index is 5.07. The van der Waals surface area contributed by atoms with Gasteiger partial charge in [-0.2, -0.15) is 0 Å². The topological polar surface area (TPSA) is 34.1 Å². The summed E-state index contributed by atoms with van der Waals surface area (Å²) in [6.07, 6.45) is 5.23. The van der Waals surface area contributed by atoms with Gasteiger partial charge >= 0.3 is 0 Å². The number of likely N-dealkylation sites (tertiary alicyclic amines) is 3. The van der Waals surface area contributed by atoms with E-state index in [1.54, 1.807) is 0 Å². The van der Waals surface area contributed by atoms with Gasteiger partial charge in [0.2, 0.25) is 0 Å². The fourth-order valence-electron chi connectivity index (χ4n) is 5.53. The highest BCUT2D eigenvalue weighted by molar-refractivity contribution is 5.80. The summed E-state index contributed by atoms with van der Waals surface area (Å²) in [5.74, 6) is 2.64. The Balaban J connectivity index is 1.37. The Labute approximate surface area is 177 Å². The van der Waals surface area contributed by atoms with Crippen molar-refractivity contribution in [2.24, 2.45) is 16.8 Å². The molecule has 1 aromatic carbocycles. The molecule has 0 aliphatic carbocycles. The predicted molar refractivity (Wildman–Crippen MR) is 121 cm³/mol. The minimum absolute atomic E-state index is 0.724. The third-order valence-electron chi connectivity index (χ3n) is 7.03. The smallest absolute Gasteiger partial charge is 0.193 e. The average molecular weight is 398 g/mol. The molecule has 3 heterocycles. The van der Waals surface area contributed by atoms with Gasteiger partial charge in [0.15, 0.2) is 5.96 Å². The first kappa shape index (κ1) is 20.7. The molecule has 1 aromatic rings. The van der Waals surface area contributed by atoms with E-state index < -0.39 is 0 Å². The fourth-order valence-corrected chi connectivity index (χ4v) is 5.53. The molecular weight excluding hydrogens is 358 g/mol. The van der Waals surface area contributed by atoms with Crippen LogP contribution in [-0.2, 0) is 6.54 Å². The van der Waals surface area contributed by atoms with Crippen LogP contribution in [0.5, 0.6) is 0 Å². The summed E-state index contributed by atoms with van der Waals surface area (Å²) >= 11 is 0. The van der Waals surface area contributed by atoms with Crippen molar-refractivity contribution in [2.75, 3.05) is 52.9 Å². The summed E-state index contributed by atoms with van der Waals surface area (Å²) in [6, 6.07) is 11.7. The van der Waals surface area contributed by atoms with E-state index in [9.17, 15) is 0 Å². The molecule has 0 saturated carbocycles. The third kappa shape index (κ3) is 5.32.